The first kappa shape index (κ1) is 12.7. The lowest BCUT2D eigenvalue weighted by atomic mass is 10.2. The molecular weight excluding hydrogens is 250 g/mol. The van der Waals surface area contributed by atoms with Gasteiger partial charge in [0.25, 0.3) is 0 Å². The number of thiazole rings is 1. The Morgan fingerprint density at radius 2 is 1.94 bits per heavy atom. The molecule has 0 radical (unpaired) electrons. The topological polar surface area (TPSA) is 69.4 Å². The summed E-state index contributed by atoms with van der Waals surface area (Å²) in [4.78, 5) is 4.46. The number of nitrogens with zero attached hydrogens (tertiary/aromatic N) is 1. The maximum atomic E-state index is 5.42. The number of nitrogen functional groups attached to an aromatic ring is 1. The second-order valence-electron chi connectivity index (χ2n) is 3.65. The van der Waals surface area contributed by atoms with Gasteiger partial charge in [-0.25, -0.2) is 10.8 Å². The molecule has 0 spiro atoms. The van der Waals surface area contributed by atoms with Crippen molar-refractivity contribution in [2.45, 2.75) is 6.92 Å². The van der Waals surface area contributed by atoms with Crippen LogP contribution in [0.4, 0.5) is 5.00 Å². The van der Waals surface area contributed by atoms with Crippen molar-refractivity contribution in [3.05, 3.63) is 23.9 Å². The van der Waals surface area contributed by atoms with Gasteiger partial charge in [0.15, 0.2) is 11.5 Å². The number of hydrogen-bond donors (Lipinski definition) is 2. The number of benzene rings is 1. The quantitative estimate of drug-likeness (QED) is 0.656. The summed E-state index contributed by atoms with van der Waals surface area (Å²) >= 11 is 1.50. The first-order valence-corrected chi connectivity index (χ1v) is 6.17. The molecule has 0 unspecified atom stereocenters. The van der Waals surface area contributed by atoms with Crippen molar-refractivity contribution < 1.29 is 9.47 Å². The average Bonchev–Trinajstić information content (AvgIpc) is 2.79. The third-order valence-corrected chi connectivity index (χ3v) is 3.70. The SMILES string of the molecule is COc1ccc(-c2nc(C)c(NN)s2)cc1OC. The van der Waals surface area contributed by atoms with Gasteiger partial charge in [-0.1, -0.05) is 11.3 Å². The van der Waals surface area contributed by atoms with Crippen LogP contribution in [0.25, 0.3) is 10.6 Å². The molecule has 3 N–H and O–H groups in total. The highest BCUT2D eigenvalue weighted by atomic mass is 32.1. The van der Waals surface area contributed by atoms with E-state index in [0.717, 1.165) is 21.3 Å². The molecule has 2 aromatic rings. The molecule has 0 fully saturated rings. The number of hydrogen-bond acceptors (Lipinski definition) is 6. The van der Waals surface area contributed by atoms with E-state index in [4.69, 9.17) is 15.3 Å². The normalized spacial score (nSPS) is 10.2. The zero-order valence-electron chi connectivity index (χ0n) is 10.5. The van der Waals surface area contributed by atoms with Crippen molar-refractivity contribution in [2.75, 3.05) is 19.6 Å². The summed E-state index contributed by atoms with van der Waals surface area (Å²) < 4.78 is 10.5. The smallest absolute Gasteiger partial charge is 0.161 e. The molecular formula is C12H15N3O2S. The summed E-state index contributed by atoms with van der Waals surface area (Å²) in [6, 6.07) is 5.71. The molecule has 0 atom stereocenters. The van der Waals surface area contributed by atoms with Gasteiger partial charge in [0.1, 0.15) is 10.0 Å². The predicted molar refractivity (Wildman–Crippen MR) is 73.2 cm³/mol. The number of ether oxygens (including phenoxy) is 2. The number of aromatic nitrogens is 1. The molecule has 5 nitrogen and oxygen atoms in total. The van der Waals surface area contributed by atoms with Crippen LogP contribution in [0.2, 0.25) is 0 Å². The fraction of sp³-hybridized carbons (Fsp3) is 0.250. The Kier molecular flexibility index (Phi) is 3.69. The van der Waals surface area contributed by atoms with Crippen LogP contribution in [0, 0.1) is 6.92 Å². The van der Waals surface area contributed by atoms with Gasteiger partial charge in [-0.3, -0.25) is 0 Å². The van der Waals surface area contributed by atoms with Crippen LogP contribution in [0.15, 0.2) is 18.2 Å². The predicted octanol–water partition coefficient (Wildman–Crippen LogP) is 2.42. The molecule has 0 aliphatic rings. The van der Waals surface area contributed by atoms with Crippen LogP contribution in [-0.4, -0.2) is 19.2 Å². The number of anilines is 1. The molecule has 0 bridgehead atoms. The number of nitrogens with one attached hydrogen (secondary N) is 1. The van der Waals surface area contributed by atoms with Crippen molar-refractivity contribution >= 4 is 16.3 Å². The molecule has 0 saturated carbocycles. The summed E-state index contributed by atoms with van der Waals surface area (Å²) in [6.45, 7) is 1.91. The number of nitrogens with two attached hydrogens (primary N) is 1. The van der Waals surface area contributed by atoms with Crippen LogP contribution >= 0.6 is 11.3 Å². The van der Waals surface area contributed by atoms with Crippen LogP contribution in [-0.2, 0) is 0 Å². The molecule has 0 aliphatic carbocycles. The zero-order valence-corrected chi connectivity index (χ0v) is 11.3. The molecule has 1 aromatic heterocycles. The van der Waals surface area contributed by atoms with E-state index in [0.29, 0.717) is 11.5 Å². The van der Waals surface area contributed by atoms with Crippen LogP contribution in [0.5, 0.6) is 11.5 Å². The monoisotopic (exact) mass is 265 g/mol. The van der Waals surface area contributed by atoms with Crippen LogP contribution in [0.1, 0.15) is 5.69 Å². The van der Waals surface area contributed by atoms with Crippen LogP contribution < -0.4 is 20.7 Å². The van der Waals surface area contributed by atoms with Gasteiger partial charge < -0.3 is 14.9 Å². The molecule has 6 heteroatoms. The zero-order chi connectivity index (χ0) is 13.1. The Labute approximate surface area is 110 Å². The van der Waals surface area contributed by atoms with E-state index in [1.165, 1.54) is 11.3 Å². The highest BCUT2D eigenvalue weighted by molar-refractivity contribution is 7.19. The molecule has 2 rings (SSSR count). The fourth-order valence-corrected chi connectivity index (χ4v) is 2.50. The van der Waals surface area contributed by atoms with E-state index in [1.54, 1.807) is 14.2 Å². The largest absolute Gasteiger partial charge is 0.493 e. The second-order valence-corrected chi connectivity index (χ2v) is 4.65. The number of rotatable bonds is 4. The van der Waals surface area contributed by atoms with Crippen molar-refractivity contribution in [1.82, 2.24) is 4.98 Å². The molecule has 1 aromatic carbocycles. The Morgan fingerprint density at radius 3 is 2.50 bits per heavy atom. The highest BCUT2D eigenvalue weighted by Gasteiger charge is 2.11. The molecule has 0 amide bonds. The molecule has 0 aliphatic heterocycles. The lowest BCUT2D eigenvalue weighted by molar-refractivity contribution is 0.355. The summed E-state index contributed by atoms with van der Waals surface area (Å²) in [5, 5.41) is 1.75. The van der Waals surface area contributed by atoms with Crippen molar-refractivity contribution in [3.8, 4) is 22.1 Å². The Morgan fingerprint density at radius 1 is 1.22 bits per heavy atom. The number of aryl methyl sites for hydroxylation is 1. The Balaban J connectivity index is 2.44. The van der Waals surface area contributed by atoms with Gasteiger partial charge in [-0.15, -0.1) is 0 Å². The van der Waals surface area contributed by atoms with Gasteiger partial charge in [-0.2, -0.15) is 0 Å². The van der Waals surface area contributed by atoms with Crippen LogP contribution in [0.3, 0.4) is 0 Å². The maximum absolute atomic E-state index is 5.42. The summed E-state index contributed by atoms with van der Waals surface area (Å²) in [7, 11) is 3.23. The fourth-order valence-electron chi connectivity index (χ4n) is 1.62. The van der Waals surface area contributed by atoms with Gasteiger partial charge >= 0.3 is 0 Å². The van der Waals surface area contributed by atoms with Crippen molar-refractivity contribution in [3.63, 3.8) is 0 Å². The Hall–Kier alpha value is -1.79. The van der Waals surface area contributed by atoms with Gasteiger partial charge in [0.05, 0.1) is 19.9 Å². The molecule has 0 saturated heterocycles. The van der Waals surface area contributed by atoms with E-state index < -0.39 is 0 Å². The average molecular weight is 265 g/mol. The first-order valence-electron chi connectivity index (χ1n) is 5.36. The standard InChI is InChI=1S/C12H15N3O2S/c1-7-11(15-13)18-12(14-7)8-4-5-9(16-2)10(6-8)17-3/h4-6,15H,13H2,1-3H3. The second kappa shape index (κ2) is 5.24. The maximum Gasteiger partial charge on any atom is 0.161 e. The molecule has 96 valence electrons. The lowest BCUT2D eigenvalue weighted by Gasteiger charge is -2.08. The number of methoxy groups -OCH3 is 2. The highest BCUT2D eigenvalue weighted by Crippen LogP contribution is 2.36. The minimum atomic E-state index is 0.685. The van der Waals surface area contributed by atoms with E-state index in [1.807, 2.05) is 25.1 Å². The van der Waals surface area contributed by atoms with Gasteiger partial charge in [0.2, 0.25) is 0 Å². The first-order chi connectivity index (χ1) is 8.69. The minimum absolute atomic E-state index is 0.685. The van der Waals surface area contributed by atoms with E-state index >= 15 is 0 Å². The number of hydrazine groups is 1. The summed E-state index contributed by atoms with van der Waals surface area (Å²) in [6.07, 6.45) is 0. The van der Waals surface area contributed by atoms with E-state index in [-0.39, 0.29) is 0 Å². The van der Waals surface area contributed by atoms with Gasteiger partial charge in [0, 0.05) is 5.56 Å². The molecule has 1 heterocycles. The third kappa shape index (κ3) is 2.25. The molecule has 18 heavy (non-hydrogen) atoms. The van der Waals surface area contributed by atoms with E-state index in [9.17, 15) is 0 Å². The third-order valence-electron chi connectivity index (χ3n) is 2.56. The summed E-state index contributed by atoms with van der Waals surface area (Å²) in [5.41, 5.74) is 4.49. The Bertz CT molecular complexity index is 554. The minimum Gasteiger partial charge on any atom is -0.493 e. The van der Waals surface area contributed by atoms with Gasteiger partial charge in [-0.05, 0) is 25.1 Å². The van der Waals surface area contributed by atoms with E-state index in [2.05, 4.69) is 10.4 Å². The lowest BCUT2D eigenvalue weighted by Crippen LogP contribution is -2.05. The van der Waals surface area contributed by atoms with Crippen molar-refractivity contribution in [2.24, 2.45) is 5.84 Å². The van der Waals surface area contributed by atoms with Crippen molar-refractivity contribution in [1.29, 1.82) is 0 Å². The summed E-state index contributed by atoms with van der Waals surface area (Å²) in [5.74, 6) is 6.81.